The van der Waals surface area contributed by atoms with Gasteiger partial charge in [-0.05, 0) is 29.5 Å². The maximum absolute atomic E-state index is 11.8. The van der Waals surface area contributed by atoms with Crippen molar-refractivity contribution in [1.82, 2.24) is 0 Å². The van der Waals surface area contributed by atoms with Crippen molar-refractivity contribution in [3.63, 3.8) is 0 Å². The molecule has 1 heterocycles. The molecule has 1 fully saturated rings. The molecule has 2 rings (SSSR count). The SMILES string of the molecule is CC(C)(C)c1ccc(N2C(=O)CC[C@@H]2CO)cc1. The van der Waals surface area contributed by atoms with Crippen molar-refractivity contribution < 1.29 is 9.90 Å². The molecule has 1 saturated heterocycles. The van der Waals surface area contributed by atoms with Gasteiger partial charge in [-0.2, -0.15) is 0 Å². The molecule has 0 unspecified atom stereocenters. The van der Waals surface area contributed by atoms with Gasteiger partial charge in [-0.3, -0.25) is 4.79 Å². The van der Waals surface area contributed by atoms with Crippen molar-refractivity contribution >= 4 is 11.6 Å². The number of aliphatic hydroxyl groups excluding tert-OH is 1. The number of aliphatic hydroxyl groups is 1. The molecule has 3 heteroatoms. The van der Waals surface area contributed by atoms with E-state index in [1.807, 2.05) is 12.1 Å². The van der Waals surface area contributed by atoms with Gasteiger partial charge in [0, 0.05) is 12.1 Å². The molecule has 3 nitrogen and oxygen atoms in total. The monoisotopic (exact) mass is 247 g/mol. The number of carbonyl (C=O) groups excluding carboxylic acids is 1. The van der Waals surface area contributed by atoms with E-state index in [-0.39, 0.29) is 24.0 Å². The van der Waals surface area contributed by atoms with E-state index in [1.165, 1.54) is 5.56 Å². The molecule has 1 N–H and O–H groups in total. The van der Waals surface area contributed by atoms with Crippen molar-refractivity contribution in [3.05, 3.63) is 29.8 Å². The summed E-state index contributed by atoms with van der Waals surface area (Å²) >= 11 is 0. The minimum atomic E-state index is -0.0574. The number of hydrogen-bond donors (Lipinski definition) is 1. The number of nitrogens with zero attached hydrogens (tertiary/aromatic N) is 1. The Labute approximate surface area is 108 Å². The lowest BCUT2D eigenvalue weighted by molar-refractivity contribution is -0.117. The first-order valence-electron chi connectivity index (χ1n) is 6.47. The first-order chi connectivity index (χ1) is 8.43. The van der Waals surface area contributed by atoms with Crippen LogP contribution in [0.1, 0.15) is 39.2 Å². The maximum atomic E-state index is 11.8. The molecule has 1 aromatic carbocycles. The fraction of sp³-hybridized carbons (Fsp3) is 0.533. The van der Waals surface area contributed by atoms with E-state index >= 15 is 0 Å². The van der Waals surface area contributed by atoms with Crippen LogP contribution >= 0.6 is 0 Å². The first-order valence-corrected chi connectivity index (χ1v) is 6.47. The third-order valence-electron chi connectivity index (χ3n) is 3.55. The Morgan fingerprint density at radius 3 is 2.39 bits per heavy atom. The van der Waals surface area contributed by atoms with Gasteiger partial charge >= 0.3 is 0 Å². The number of hydrogen-bond acceptors (Lipinski definition) is 2. The second-order valence-electron chi connectivity index (χ2n) is 5.94. The van der Waals surface area contributed by atoms with Crippen molar-refractivity contribution in [3.8, 4) is 0 Å². The van der Waals surface area contributed by atoms with Gasteiger partial charge in [0.1, 0.15) is 0 Å². The van der Waals surface area contributed by atoms with E-state index in [2.05, 4.69) is 32.9 Å². The highest BCUT2D eigenvalue weighted by molar-refractivity contribution is 5.96. The van der Waals surface area contributed by atoms with Gasteiger partial charge in [0.15, 0.2) is 0 Å². The normalized spacial score (nSPS) is 20.6. The molecule has 0 spiro atoms. The van der Waals surface area contributed by atoms with Gasteiger partial charge in [0.25, 0.3) is 0 Å². The third kappa shape index (κ3) is 2.41. The Balaban J connectivity index is 2.26. The van der Waals surface area contributed by atoms with Gasteiger partial charge < -0.3 is 10.0 Å². The number of anilines is 1. The molecule has 1 atom stereocenters. The molecule has 0 bridgehead atoms. The number of benzene rings is 1. The van der Waals surface area contributed by atoms with Crippen LogP contribution in [0.5, 0.6) is 0 Å². The van der Waals surface area contributed by atoms with Gasteiger partial charge in [-0.15, -0.1) is 0 Å². The van der Waals surface area contributed by atoms with Crippen LogP contribution in [0, 0.1) is 0 Å². The van der Waals surface area contributed by atoms with Crippen molar-refractivity contribution in [2.24, 2.45) is 0 Å². The summed E-state index contributed by atoms with van der Waals surface area (Å²) in [6.45, 7) is 6.53. The Hall–Kier alpha value is -1.35. The Morgan fingerprint density at radius 1 is 1.28 bits per heavy atom. The second kappa shape index (κ2) is 4.73. The van der Waals surface area contributed by atoms with Crippen LogP contribution < -0.4 is 4.90 Å². The highest BCUT2D eigenvalue weighted by Crippen LogP contribution is 2.29. The summed E-state index contributed by atoms with van der Waals surface area (Å²) in [7, 11) is 0. The minimum absolute atomic E-state index is 0.0345. The maximum Gasteiger partial charge on any atom is 0.227 e. The molecule has 0 aromatic heterocycles. The van der Waals surface area contributed by atoms with Crippen LogP contribution in [0.25, 0.3) is 0 Å². The summed E-state index contributed by atoms with van der Waals surface area (Å²) in [4.78, 5) is 13.6. The highest BCUT2D eigenvalue weighted by Gasteiger charge is 2.31. The van der Waals surface area contributed by atoms with Crippen molar-refractivity contribution in [1.29, 1.82) is 0 Å². The zero-order valence-corrected chi connectivity index (χ0v) is 11.3. The standard InChI is InChI=1S/C15H21NO2/c1-15(2,3)11-4-6-12(7-5-11)16-13(10-17)8-9-14(16)18/h4-7,13,17H,8-10H2,1-3H3/t13-/m1/s1. The highest BCUT2D eigenvalue weighted by atomic mass is 16.3. The Morgan fingerprint density at radius 2 is 1.89 bits per heavy atom. The number of amides is 1. The summed E-state index contributed by atoms with van der Waals surface area (Å²) in [6, 6.07) is 8.03. The second-order valence-corrected chi connectivity index (χ2v) is 5.94. The molecular weight excluding hydrogens is 226 g/mol. The van der Waals surface area contributed by atoms with E-state index in [1.54, 1.807) is 4.90 Å². The topological polar surface area (TPSA) is 40.5 Å². The van der Waals surface area contributed by atoms with Crippen LogP contribution in [-0.4, -0.2) is 23.7 Å². The van der Waals surface area contributed by atoms with Crippen LogP contribution in [0.3, 0.4) is 0 Å². The zero-order chi connectivity index (χ0) is 13.3. The quantitative estimate of drug-likeness (QED) is 0.872. The zero-order valence-electron chi connectivity index (χ0n) is 11.3. The van der Waals surface area contributed by atoms with E-state index in [0.717, 1.165) is 12.1 Å². The van der Waals surface area contributed by atoms with Crippen LogP contribution in [0.2, 0.25) is 0 Å². The van der Waals surface area contributed by atoms with Gasteiger partial charge in [-0.25, -0.2) is 0 Å². The van der Waals surface area contributed by atoms with Gasteiger partial charge in [-0.1, -0.05) is 32.9 Å². The molecular formula is C15H21NO2. The molecule has 0 aliphatic carbocycles. The lowest BCUT2D eigenvalue weighted by Gasteiger charge is -2.25. The average Bonchev–Trinajstić information content (AvgIpc) is 2.69. The molecule has 0 saturated carbocycles. The summed E-state index contributed by atoms with van der Waals surface area (Å²) in [5, 5.41) is 9.31. The molecule has 1 aliphatic heterocycles. The molecule has 1 aliphatic rings. The number of carbonyl (C=O) groups is 1. The smallest absolute Gasteiger partial charge is 0.227 e. The lowest BCUT2D eigenvalue weighted by Crippen LogP contribution is -2.35. The summed E-state index contributed by atoms with van der Waals surface area (Å²) in [6.07, 6.45) is 1.28. The Bertz CT molecular complexity index is 431. The summed E-state index contributed by atoms with van der Waals surface area (Å²) in [5.74, 6) is 0.109. The van der Waals surface area contributed by atoms with Crippen LogP contribution in [0.4, 0.5) is 5.69 Å². The fourth-order valence-electron chi connectivity index (χ4n) is 2.39. The van der Waals surface area contributed by atoms with Crippen molar-refractivity contribution in [2.75, 3.05) is 11.5 Å². The van der Waals surface area contributed by atoms with E-state index in [4.69, 9.17) is 0 Å². The minimum Gasteiger partial charge on any atom is -0.394 e. The Kier molecular flexibility index (Phi) is 3.44. The van der Waals surface area contributed by atoms with Crippen molar-refractivity contribution in [2.45, 2.75) is 45.1 Å². The molecule has 18 heavy (non-hydrogen) atoms. The largest absolute Gasteiger partial charge is 0.394 e. The summed E-state index contributed by atoms with van der Waals surface area (Å²) in [5.41, 5.74) is 2.26. The lowest BCUT2D eigenvalue weighted by atomic mass is 9.87. The van der Waals surface area contributed by atoms with E-state index in [0.29, 0.717) is 6.42 Å². The third-order valence-corrected chi connectivity index (χ3v) is 3.55. The van der Waals surface area contributed by atoms with E-state index < -0.39 is 0 Å². The first kappa shape index (κ1) is 13.1. The van der Waals surface area contributed by atoms with Gasteiger partial charge in [0.2, 0.25) is 5.91 Å². The summed E-state index contributed by atoms with van der Waals surface area (Å²) < 4.78 is 0. The predicted octanol–water partition coefficient (Wildman–Crippen LogP) is 2.47. The molecule has 98 valence electrons. The van der Waals surface area contributed by atoms with Crippen LogP contribution in [0.15, 0.2) is 24.3 Å². The van der Waals surface area contributed by atoms with E-state index in [9.17, 15) is 9.90 Å². The van der Waals surface area contributed by atoms with Crippen LogP contribution in [-0.2, 0) is 10.2 Å². The number of rotatable bonds is 2. The molecule has 0 radical (unpaired) electrons. The predicted molar refractivity (Wildman–Crippen MR) is 72.7 cm³/mol. The fourth-order valence-corrected chi connectivity index (χ4v) is 2.39. The van der Waals surface area contributed by atoms with Gasteiger partial charge in [0.05, 0.1) is 12.6 Å². The average molecular weight is 247 g/mol. The molecule has 1 amide bonds. The molecule has 1 aromatic rings.